The summed E-state index contributed by atoms with van der Waals surface area (Å²) in [6.45, 7) is 10.2. The smallest absolute Gasteiger partial charge is 0.236 e. The van der Waals surface area contributed by atoms with Crippen LogP contribution in [0.4, 0.5) is 0 Å². The van der Waals surface area contributed by atoms with Crippen molar-refractivity contribution in [3.8, 4) is 0 Å². The highest BCUT2D eigenvalue weighted by atomic mass is 16.5. The molecule has 1 aromatic rings. The molecule has 3 rings (SSSR count). The highest BCUT2D eigenvalue weighted by Crippen LogP contribution is 2.18. The van der Waals surface area contributed by atoms with Gasteiger partial charge in [0.2, 0.25) is 11.8 Å². The van der Waals surface area contributed by atoms with Gasteiger partial charge in [-0.05, 0) is 46.5 Å². The van der Waals surface area contributed by atoms with Crippen LogP contribution in [0.3, 0.4) is 0 Å². The number of aryl methyl sites for hydroxylation is 2. The van der Waals surface area contributed by atoms with Gasteiger partial charge in [0, 0.05) is 50.7 Å². The van der Waals surface area contributed by atoms with E-state index in [1.165, 1.54) is 6.42 Å². The average Bonchev–Trinajstić information content (AvgIpc) is 2.98. The molecule has 0 aliphatic carbocycles. The van der Waals surface area contributed by atoms with Gasteiger partial charge in [-0.3, -0.25) is 14.5 Å². The van der Waals surface area contributed by atoms with Crippen molar-refractivity contribution >= 4 is 11.8 Å². The molecule has 0 N–H and O–H groups in total. The lowest BCUT2D eigenvalue weighted by Crippen LogP contribution is -2.53. The van der Waals surface area contributed by atoms with E-state index in [9.17, 15) is 9.59 Å². The molecular formula is C20H32N4O3. The second kappa shape index (κ2) is 8.87. The van der Waals surface area contributed by atoms with Gasteiger partial charge in [0.25, 0.3) is 0 Å². The molecule has 0 aromatic carbocycles. The zero-order valence-electron chi connectivity index (χ0n) is 16.9. The van der Waals surface area contributed by atoms with Crippen LogP contribution in [0, 0.1) is 13.8 Å². The Balaban J connectivity index is 1.41. The number of piperidine rings is 1. The van der Waals surface area contributed by atoms with Crippen LogP contribution >= 0.6 is 0 Å². The molecule has 3 heterocycles. The average molecular weight is 377 g/mol. The third-order valence-corrected chi connectivity index (χ3v) is 5.98. The molecular weight excluding hydrogens is 344 g/mol. The quantitative estimate of drug-likeness (QED) is 0.783. The van der Waals surface area contributed by atoms with E-state index in [4.69, 9.17) is 4.52 Å². The number of nitrogens with zero attached hydrogens (tertiary/aromatic N) is 4. The molecule has 2 saturated heterocycles. The number of carbonyl (C=O) groups is 2. The number of hydrogen-bond donors (Lipinski definition) is 0. The van der Waals surface area contributed by atoms with Crippen molar-refractivity contribution in [3.63, 3.8) is 0 Å². The zero-order valence-corrected chi connectivity index (χ0v) is 16.9. The lowest BCUT2D eigenvalue weighted by atomic mass is 10.0. The van der Waals surface area contributed by atoms with Crippen molar-refractivity contribution < 1.29 is 14.1 Å². The normalized spacial score (nSPS) is 21.5. The molecule has 2 fully saturated rings. The van der Waals surface area contributed by atoms with Gasteiger partial charge >= 0.3 is 0 Å². The first-order valence-electron chi connectivity index (χ1n) is 10.2. The van der Waals surface area contributed by atoms with Gasteiger partial charge < -0.3 is 14.3 Å². The summed E-state index contributed by atoms with van der Waals surface area (Å²) < 4.78 is 5.16. The van der Waals surface area contributed by atoms with Gasteiger partial charge in [-0.25, -0.2) is 0 Å². The number of aromatic nitrogens is 1. The summed E-state index contributed by atoms with van der Waals surface area (Å²) in [4.78, 5) is 31.2. The van der Waals surface area contributed by atoms with E-state index in [0.29, 0.717) is 38.5 Å². The van der Waals surface area contributed by atoms with Gasteiger partial charge in [-0.15, -0.1) is 0 Å². The van der Waals surface area contributed by atoms with Crippen molar-refractivity contribution in [2.75, 3.05) is 39.3 Å². The van der Waals surface area contributed by atoms with Gasteiger partial charge in [0.05, 0.1) is 12.2 Å². The van der Waals surface area contributed by atoms with Crippen LogP contribution in [0.5, 0.6) is 0 Å². The second-order valence-electron chi connectivity index (χ2n) is 7.89. The van der Waals surface area contributed by atoms with Gasteiger partial charge in [-0.1, -0.05) is 5.16 Å². The Morgan fingerprint density at radius 1 is 1.07 bits per heavy atom. The minimum absolute atomic E-state index is 0.172. The van der Waals surface area contributed by atoms with Crippen molar-refractivity contribution in [2.45, 2.75) is 58.9 Å². The molecule has 1 aromatic heterocycles. The van der Waals surface area contributed by atoms with Gasteiger partial charge in [-0.2, -0.15) is 0 Å². The van der Waals surface area contributed by atoms with E-state index < -0.39 is 0 Å². The number of piperazine rings is 1. The molecule has 1 unspecified atom stereocenters. The Kier molecular flexibility index (Phi) is 6.52. The first-order valence-corrected chi connectivity index (χ1v) is 10.2. The van der Waals surface area contributed by atoms with Gasteiger partial charge in [0.1, 0.15) is 5.76 Å². The molecule has 0 spiro atoms. The molecule has 2 aliphatic rings. The number of likely N-dealkylation sites (tertiary alicyclic amines) is 1. The Morgan fingerprint density at radius 2 is 1.81 bits per heavy atom. The summed E-state index contributed by atoms with van der Waals surface area (Å²) in [5.74, 6) is 1.21. The first-order chi connectivity index (χ1) is 13.0. The predicted octanol–water partition coefficient (Wildman–Crippen LogP) is 1.77. The standard InChI is InChI=1S/C20H32N4O3/c1-15-6-4-5-9-24(15)20(26)14-22-10-12-23(13-11-22)19(25)8-7-18-16(2)21-27-17(18)3/h15H,4-14H2,1-3H3. The first kappa shape index (κ1) is 19.9. The van der Waals surface area contributed by atoms with Crippen LogP contribution in [-0.4, -0.2) is 77.0 Å². The molecule has 0 saturated carbocycles. The molecule has 0 bridgehead atoms. The maximum Gasteiger partial charge on any atom is 0.236 e. The number of hydrogen-bond acceptors (Lipinski definition) is 5. The molecule has 0 radical (unpaired) electrons. The van der Waals surface area contributed by atoms with Crippen LogP contribution in [-0.2, 0) is 16.0 Å². The fourth-order valence-corrected chi connectivity index (χ4v) is 4.15. The fraction of sp³-hybridized carbons (Fsp3) is 0.750. The van der Waals surface area contributed by atoms with Crippen LogP contribution in [0.25, 0.3) is 0 Å². The minimum Gasteiger partial charge on any atom is -0.361 e. The van der Waals surface area contributed by atoms with Crippen LogP contribution in [0.1, 0.15) is 49.6 Å². The van der Waals surface area contributed by atoms with Crippen molar-refractivity contribution in [2.24, 2.45) is 0 Å². The Hall–Kier alpha value is -1.89. The topological polar surface area (TPSA) is 69.9 Å². The highest BCUT2D eigenvalue weighted by Gasteiger charge is 2.27. The van der Waals surface area contributed by atoms with E-state index in [2.05, 4.69) is 17.0 Å². The summed E-state index contributed by atoms with van der Waals surface area (Å²) in [6, 6.07) is 0.360. The van der Waals surface area contributed by atoms with Crippen LogP contribution in [0.2, 0.25) is 0 Å². The third kappa shape index (κ3) is 4.89. The van der Waals surface area contributed by atoms with Crippen LogP contribution < -0.4 is 0 Å². The molecule has 7 heteroatoms. The molecule has 2 aliphatic heterocycles. The Morgan fingerprint density at radius 3 is 2.44 bits per heavy atom. The Bertz CT molecular complexity index is 645. The lowest BCUT2D eigenvalue weighted by Gasteiger charge is -2.38. The van der Waals surface area contributed by atoms with Crippen molar-refractivity contribution in [3.05, 3.63) is 17.0 Å². The summed E-state index contributed by atoms with van der Waals surface area (Å²) >= 11 is 0. The second-order valence-corrected chi connectivity index (χ2v) is 7.89. The van der Waals surface area contributed by atoms with Crippen molar-refractivity contribution in [1.82, 2.24) is 19.9 Å². The summed E-state index contributed by atoms with van der Waals surface area (Å²) in [6.07, 6.45) is 4.60. The van der Waals surface area contributed by atoms with Gasteiger partial charge in [0.15, 0.2) is 0 Å². The highest BCUT2D eigenvalue weighted by molar-refractivity contribution is 5.79. The van der Waals surface area contributed by atoms with Crippen molar-refractivity contribution in [1.29, 1.82) is 0 Å². The number of amides is 2. The maximum absolute atomic E-state index is 12.6. The summed E-state index contributed by atoms with van der Waals surface area (Å²) in [5.41, 5.74) is 1.92. The SMILES string of the molecule is Cc1noc(C)c1CCC(=O)N1CCN(CC(=O)N2CCCCC2C)CC1. The predicted molar refractivity (Wildman–Crippen MR) is 102 cm³/mol. The van der Waals surface area contributed by atoms with E-state index in [1.807, 2.05) is 23.6 Å². The summed E-state index contributed by atoms with van der Waals surface area (Å²) in [5, 5.41) is 3.95. The Labute approximate surface area is 161 Å². The fourth-order valence-electron chi connectivity index (χ4n) is 4.15. The molecule has 27 heavy (non-hydrogen) atoms. The molecule has 7 nitrogen and oxygen atoms in total. The van der Waals surface area contributed by atoms with Crippen LogP contribution in [0.15, 0.2) is 4.52 Å². The minimum atomic E-state index is 0.172. The lowest BCUT2D eigenvalue weighted by molar-refractivity contribution is -0.137. The van der Waals surface area contributed by atoms with E-state index in [0.717, 1.165) is 49.5 Å². The van der Waals surface area contributed by atoms with E-state index in [1.54, 1.807) is 0 Å². The number of carbonyl (C=O) groups excluding carboxylic acids is 2. The molecule has 2 amide bonds. The molecule has 150 valence electrons. The number of rotatable bonds is 5. The summed E-state index contributed by atoms with van der Waals surface area (Å²) in [7, 11) is 0. The third-order valence-electron chi connectivity index (χ3n) is 5.98. The zero-order chi connectivity index (χ0) is 19.4. The largest absolute Gasteiger partial charge is 0.361 e. The van der Waals surface area contributed by atoms with E-state index >= 15 is 0 Å². The van der Waals surface area contributed by atoms with E-state index in [-0.39, 0.29) is 11.8 Å². The monoisotopic (exact) mass is 376 g/mol. The molecule has 1 atom stereocenters. The maximum atomic E-state index is 12.6.